The molecule has 0 saturated carbocycles. The van der Waals surface area contributed by atoms with E-state index in [0.29, 0.717) is 15.9 Å². The number of benzene rings is 2. The molecular weight excluding hydrogens is 358 g/mol. The molecule has 3 amide bonds. The summed E-state index contributed by atoms with van der Waals surface area (Å²) in [6.07, 6.45) is 0. The highest BCUT2D eigenvalue weighted by molar-refractivity contribution is 8.15. The van der Waals surface area contributed by atoms with Crippen molar-refractivity contribution < 1.29 is 9.59 Å². The van der Waals surface area contributed by atoms with Crippen LogP contribution in [0.1, 0.15) is 11.1 Å². The first-order valence-electron chi connectivity index (χ1n) is 7.62. The fraction of sp³-hybridized carbons (Fsp3) is 0.167. The normalized spacial score (nSPS) is 15.7. The van der Waals surface area contributed by atoms with Crippen molar-refractivity contribution in [3.8, 4) is 0 Å². The molecule has 1 aliphatic rings. The Morgan fingerprint density at radius 2 is 1.92 bits per heavy atom. The van der Waals surface area contributed by atoms with Gasteiger partial charge in [0.2, 0.25) is 5.91 Å². The van der Waals surface area contributed by atoms with E-state index in [9.17, 15) is 9.59 Å². The lowest BCUT2D eigenvalue weighted by Gasteiger charge is -2.18. The molecule has 0 atom stereocenters. The molecule has 128 valence electrons. The van der Waals surface area contributed by atoms with Gasteiger partial charge in [-0.3, -0.25) is 9.69 Å². The van der Waals surface area contributed by atoms with Crippen molar-refractivity contribution in [2.45, 2.75) is 13.8 Å². The van der Waals surface area contributed by atoms with Gasteiger partial charge in [-0.1, -0.05) is 41.1 Å². The number of hydrogen-bond acceptors (Lipinski definition) is 3. The number of aliphatic imine (C=N–C) groups is 1. The average Bonchev–Trinajstić information content (AvgIpc) is 2.90. The largest absolute Gasteiger partial charge is 0.347 e. The highest BCUT2D eigenvalue weighted by Crippen LogP contribution is 2.30. The molecule has 1 fully saturated rings. The van der Waals surface area contributed by atoms with Gasteiger partial charge in [-0.2, -0.15) is 4.99 Å². The minimum absolute atomic E-state index is 0.0880. The summed E-state index contributed by atoms with van der Waals surface area (Å²) in [5, 5.41) is 3.63. The Balaban J connectivity index is 1.84. The Kier molecular flexibility index (Phi) is 5.11. The van der Waals surface area contributed by atoms with Crippen LogP contribution >= 0.6 is 23.4 Å². The second kappa shape index (κ2) is 7.29. The number of carbonyl (C=O) groups is 2. The molecule has 0 unspecified atom stereocenters. The van der Waals surface area contributed by atoms with Crippen molar-refractivity contribution in [1.82, 2.24) is 0 Å². The maximum atomic E-state index is 12.3. The number of amides is 3. The summed E-state index contributed by atoms with van der Waals surface area (Å²) in [4.78, 5) is 30.0. The number of carbonyl (C=O) groups excluding carboxylic acids is 2. The van der Waals surface area contributed by atoms with Crippen LogP contribution in [-0.2, 0) is 4.79 Å². The maximum Gasteiger partial charge on any atom is 0.347 e. The smallest absolute Gasteiger partial charge is 0.306 e. The maximum absolute atomic E-state index is 12.3. The number of rotatable bonds is 2. The second-order valence-electron chi connectivity index (χ2n) is 5.64. The molecule has 25 heavy (non-hydrogen) atoms. The van der Waals surface area contributed by atoms with Gasteiger partial charge in [0, 0.05) is 10.7 Å². The second-order valence-corrected chi connectivity index (χ2v) is 7.02. The number of urea groups is 1. The minimum atomic E-state index is -0.533. The lowest BCUT2D eigenvalue weighted by atomic mass is 10.1. The molecule has 1 aliphatic heterocycles. The van der Waals surface area contributed by atoms with Crippen LogP contribution in [0.3, 0.4) is 0 Å². The third-order valence-electron chi connectivity index (χ3n) is 3.65. The van der Waals surface area contributed by atoms with Crippen molar-refractivity contribution in [3.63, 3.8) is 0 Å². The van der Waals surface area contributed by atoms with Gasteiger partial charge >= 0.3 is 6.03 Å². The van der Waals surface area contributed by atoms with Crippen molar-refractivity contribution in [2.75, 3.05) is 16.0 Å². The van der Waals surface area contributed by atoms with Crippen LogP contribution < -0.4 is 10.2 Å². The van der Waals surface area contributed by atoms with Crippen LogP contribution in [0.4, 0.5) is 16.2 Å². The van der Waals surface area contributed by atoms with Gasteiger partial charge in [0.15, 0.2) is 5.17 Å². The van der Waals surface area contributed by atoms with E-state index in [1.165, 1.54) is 16.7 Å². The van der Waals surface area contributed by atoms with Crippen LogP contribution in [0.5, 0.6) is 0 Å². The number of anilines is 2. The van der Waals surface area contributed by atoms with E-state index in [1.54, 1.807) is 24.3 Å². The molecule has 0 aromatic heterocycles. The molecule has 2 aromatic carbocycles. The summed E-state index contributed by atoms with van der Waals surface area (Å²) in [6.45, 7) is 3.93. The summed E-state index contributed by atoms with van der Waals surface area (Å²) in [5.74, 6) is 0.176. The number of aryl methyl sites for hydroxylation is 2. The Labute approximate surface area is 155 Å². The van der Waals surface area contributed by atoms with Crippen LogP contribution in [0, 0.1) is 13.8 Å². The predicted octanol–water partition coefficient (Wildman–Crippen LogP) is 4.62. The topological polar surface area (TPSA) is 61.8 Å². The van der Waals surface area contributed by atoms with Gasteiger partial charge in [-0.25, -0.2) is 4.79 Å². The van der Waals surface area contributed by atoms with Gasteiger partial charge in [0.1, 0.15) is 0 Å². The lowest BCUT2D eigenvalue weighted by Crippen LogP contribution is -2.30. The predicted molar refractivity (Wildman–Crippen MR) is 104 cm³/mol. The van der Waals surface area contributed by atoms with E-state index in [-0.39, 0.29) is 11.7 Å². The molecule has 3 rings (SSSR count). The number of nitrogens with one attached hydrogen (secondary N) is 1. The quantitative estimate of drug-likeness (QED) is 0.835. The highest BCUT2D eigenvalue weighted by Gasteiger charge is 2.31. The number of thioether (sulfide) groups is 1. The fourth-order valence-corrected chi connectivity index (χ4v) is 3.49. The molecule has 1 N–H and O–H groups in total. The number of halogens is 1. The summed E-state index contributed by atoms with van der Waals surface area (Å²) in [6, 6.07) is 12.0. The van der Waals surface area contributed by atoms with E-state index in [2.05, 4.69) is 10.3 Å². The molecule has 1 heterocycles. The van der Waals surface area contributed by atoms with Gasteiger partial charge in [0.05, 0.1) is 11.4 Å². The van der Waals surface area contributed by atoms with Crippen molar-refractivity contribution >= 4 is 51.8 Å². The van der Waals surface area contributed by atoms with Crippen LogP contribution in [0.2, 0.25) is 5.02 Å². The Morgan fingerprint density at radius 1 is 1.20 bits per heavy atom. The first-order chi connectivity index (χ1) is 11.9. The summed E-state index contributed by atoms with van der Waals surface area (Å²) >= 11 is 7.08. The molecule has 0 spiro atoms. The standard InChI is InChI=1S/C18H16ClN3O2S/c1-11-3-8-15(12(2)9-11)22-16(23)10-25-18(22)21-17(24)20-14-6-4-13(19)5-7-14/h3-9H,10H2,1-2H3,(H,20,24)/b21-18-. The lowest BCUT2D eigenvalue weighted by molar-refractivity contribution is -0.115. The average molecular weight is 374 g/mol. The Bertz CT molecular complexity index is 865. The summed E-state index contributed by atoms with van der Waals surface area (Å²) in [7, 11) is 0. The molecule has 0 radical (unpaired) electrons. The Morgan fingerprint density at radius 3 is 2.60 bits per heavy atom. The molecule has 0 bridgehead atoms. The fourth-order valence-electron chi connectivity index (χ4n) is 2.51. The summed E-state index contributed by atoms with van der Waals surface area (Å²) < 4.78 is 0. The number of amidine groups is 1. The van der Waals surface area contributed by atoms with E-state index in [0.717, 1.165) is 16.8 Å². The minimum Gasteiger partial charge on any atom is -0.306 e. The van der Waals surface area contributed by atoms with Crippen LogP contribution in [-0.4, -0.2) is 22.9 Å². The van der Waals surface area contributed by atoms with Crippen molar-refractivity contribution in [2.24, 2.45) is 4.99 Å². The molecule has 2 aromatic rings. The zero-order valence-corrected chi connectivity index (χ0v) is 15.3. The van der Waals surface area contributed by atoms with Crippen molar-refractivity contribution in [3.05, 3.63) is 58.6 Å². The zero-order valence-electron chi connectivity index (χ0n) is 13.7. The van der Waals surface area contributed by atoms with Gasteiger partial charge < -0.3 is 5.32 Å². The van der Waals surface area contributed by atoms with Crippen LogP contribution in [0.15, 0.2) is 47.5 Å². The first kappa shape index (κ1) is 17.5. The van der Waals surface area contributed by atoms with E-state index in [4.69, 9.17) is 11.6 Å². The molecule has 7 heteroatoms. The Hall–Kier alpha value is -2.31. The third kappa shape index (κ3) is 4.03. The molecule has 0 aliphatic carbocycles. The zero-order chi connectivity index (χ0) is 18.0. The molecule has 5 nitrogen and oxygen atoms in total. The first-order valence-corrected chi connectivity index (χ1v) is 8.98. The molecular formula is C18H16ClN3O2S. The van der Waals surface area contributed by atoms with Gasteiger partial charge in [0.25, 0.3) is 0 Å². The van der Waals surface area contributed by atoms with E-state index < -0.39 is 6.03 Å². The summed E-state index contributed by atoms with van der Waals surface area (Å²) in [5.41, 5.74) is 3.41. The van der Waals surface area contributed by atoms with Gasteiger partial charge in [-0.05, 0) is 49.7 Å². The molecule has 1 saturated heterocycles. The third-order valence-corrected chi connectivity index (χ3v) is 4.83. The SMILES string of the molecule is Cc1ccc(N2C(=O)CS/C2=N\C(=O)Nc2ccc(Cl)cc2)c(C)c1. The number of nitrogens with zero attached hydrogens (tertiary/aromatic N) is 2. The van der Waals surface area contributed by atoms with Gasteiger partial charge in [-0.15, -0.1) is 0 Å². The highest BCUT2D eigenvalue weighted by atomic mass is 35.5. The van der Waals surface area contributed by atoms with E-state index in [1.807, 2.05) is 32.0 Å². The van der Waals surface area contributed by atoms with Crippen molar-refractivity contribution in [1.29, 1.82) is 0 Å². The van der Waals surface area contributed by atoms with E-state index >= 15 is 0 Å². The van der Waals surface area contributed by atoms with Crippen LogP contribution in [0.25, 0.3) is 0 Å². The number of hydrogen-bond donors (Lipinski definition) is 1. The monoisotopic (exact) mass is 373 g/mol.